The van der Waals surface area contributed by atoms with Crippen LogP contribution in [0.1, 0.15) is 22.2 Å². The molecular weight excluding hydrogens is 318 g/mol. The molecule has 0 N–H and O–H groups in total. The number of rotatable bonds is 5. The molecule has 4 nitrogen and oxygen atoms in total. The van der Waals surface area contributed by atoms with Crippen molar-refractivity contribution >= 4 is 23.0 Å². The fraction of sp³-hybridized carbons (Fsp3) is 0.158. The molecule has 0 saturated heterocycles. The first-order valence-electron chi connectivity index (χ1n) is 7.53. The van der Waals surface area contributed by atoms with E-state index >= 15 is 0 Å². The van der Waals surface area contributed by atoms with E-state index in [-0.39, 0.29) is 0 Å². The fourth-order valence-electron chi connectivity index (χ4n) is 2.65. The molecule has 24 heavy (non-hydrogen) atoms. The third kappa shape index (κ3) is 2.97. The lowest BCUT2D eigenvalue weighted by Gasteiger charge is -2.05. The van der Waals surface area contributed by atoms with Gasteiger partial charge in [-0.25, -0.2) is 4.98 Å². The van der Waals surface area contributed by atoms with E-state index in [1.54, 1.807) is 18.4 Å². The normalized spacial score (nSPS) is 11.5. The van der Waals surface area contributed by atoms with E-state index in [0.717, 1.165) is 23.5 Å². The molecule has 3 aromatic heterocycles. The molecule has 0 aliphatic heterocycles. The molecule has 0 saturated carbocycles. The maximum atomic E-state index is 9.42. The first kappa shape index (κ1) is 16.0. The summed E-state index contributed by atoms with van der Waals surface area (Å²) in [4.78, 5) is 4.65. The molecule has 3 rings (SSSR count). The number of nitriles is 1. The third-order valence-electron chi connectivity index (χ3n) is 3.85. The molecule has 0 aromatic carbocycles. The van der Waals surface area contributed by atoms with Gasteiger partial charge >= 0.3 is 0 Å². The van der Waals surface area contributed by atoms with Crippen LogP contribution in [0.25, 0.3) is 22.9 Å². The molecular formula is C19H17N3OS. The molecule has 3 heterocycles. The van der Waals surface area contributed by atoms with Gasteiger partial charge in [-0.3, -0.25) is 0 Å². The Morgan fingerprint density at radius 2 is 2.33 bits per heavy atom. The summed E-state index contributed by atoms with van der Waals surface area (Å²) >= 11 is 1.46. The van der Waals surface area contributed by atoms with Crippen LogP contribution >= 0.6 is 11.3 Å². The van der Waals surface area contributed by atoms with Crippen molar-refractivity contribution in [2.45, 2.75) is 20.4 Å². The highest BCUT2D eigenvalue weighted by molar-refractivity contribution is 7.11. The molecule has 5 heteroatoms. The van der Waals surface area contributed by atoms with Crippen LogP contribution in [0.2, 0.25) is 0 Å². The molecule has 3 aromatic rings. The molecule has 0 atom stereocenters. The molecule has 0 aliphatic carbocycles. The summed E-state index contributed by atoms with van der Waals surface area (Å²) in [7, 11) is 0. The van der Waals surface area contributed by atoms with Gasteiger partial charge < -0.3 is 8.98 Å². The van der Waals surface area contributed by atoms with Crippen molar-refractivity contribution in [1.29, 1.82) is 5.26 Å². The van der Waals surface area contributed by atoms with Crippen LogP contribution in [0.15, 0.2) is 46.9 Å². The Kier molecular flexibility index (Phi) is 4.50. The minimum atomic E-state index is 0.501. The van der Waals surface area contributed by atoms with Crippen LogP contribution < -0.4 is 0 Å². The minimum Gasteiger partial charge on any atom is -0.465 e. The van der Waals surface area contributed by atoms with Crippen molar-refractivity contribution in [3.8, 4) is 17.3 Å². The van der Waals surface area contributed by atoms with E-state index in [9.17, 15) is 5.26 Å². The zero-order valence-electron chi connectivity index (χ0n) is 13.6. The van der Waals surface area contributed by atoms with E-state index in [4.69, 9.17) is 4.42 Å². The van der Waals surface area contributed by atoms with Crippen molar-refractivity contribution in [1.82, 2.24) is 9.55 Å². The first-order valence-corrected chi connectivity index (χ1v) is 8.41. The molecule has 120 valence electrons. The molecule has 0 unspecified atom stereocenters. The maximum absolute atomic E-state index is 9.42. The van der Waals surface area contributed by atoms with Crippen molar-refractivity contribution in [2.75, 3.05) is 0 Å². The van der Waals surface area contributed by atoms with E-state index in [2.05, 4.69) is 42.1 Å². The van der Waals surface area contributed by atoms with Crippen LogP contribution in [-0.2, 0) is 6.54 Å². The monoisotopic (exact) mass is 335 g/mol. The number of nitrogens with zero attached hydrogens (tertiary/aromatic N) is 3. The van der Waals surface area contributed by atoms with Crippen molar-refractivity contribution in [3.05, 3.63) is 64.7 Å². The standard InChI is InChI=1S/C19H17N3OS/c1-4-7-22-13(2)9-17(14(22)3)18-12-24-19(21-18)15(11-20)10-16-6-5-8-23-16/h4-6,8-10,12H,1,7H2,2-3H3/b15-10+. The van der Waals surface area contributed by atoms with Gasteiger partial charge in [-0.05, 0) is 32.0 Å². The second kappa shape index (κ2) is 6.73. The van der Waals surface area contributed by atoms with Gasteiger partial charge in [0.15, 0.2) is 0 Å². The first-order chi connectivity index (χ1) is 11.6. The SMILES string of the molecule is C=CCn1c(C)cc(-c2csc(/C(C#N)=C/c3ccco3)n2)c1C. The topological polar surface area (TPSA) is 54.8 Å². The van der Waals surface area contributed by atoms with Crippen LogP contribution in [0, 0.1) is 25.2 Å². The number of hydrogen-bond donors (Lipinski definition) is 0. The summed E-state index contributed by atoms with van der Waals surface area (Å²) in [5.74, 6) is 0.646. The Morgan fingerprint density at radius 1 is 1.50 bits per heavy atom. The second-order valence-corrected chi connectivity index (χ2v) is 6.27. The summed E-state index contributed by atoms with van der Waals surface area (Å²) in [6, 6.07) is 7.94. The van der Waals surface area contributed by atoms with Crippen LogP contribution in [-0.4, -0.2) is 9.55 Å². The van der Waals surface area contributed by atoms with Gasteiger partial charge in [0.1, 0.15) is 16.8 Å². The molecule has 0 amide bonds. The lowest BCUT2D eigenvalue weighted by atomic mass is 10.2. The van der Waals surface area contributed by atoms with E-state index in [1.165, 1.54) is 17.0 Å². The van der Waals surface area contributed by atoms with E-state index in [1.807, 2.05) is 17.5 Å². The Morgan fingerprint density at radius 3 is 3.00 bits per heavy atom. The summed E-state index contributed by atoms with van der Waals surface area (Å²) in [6.45, 7) is 8.73. The zero-order chi connectivity index (χ0) is 17.1. The number of thiazole rings is 1. The average Bonchev–Trinajstić information content (AvgIpc) is 3.30. The van der Waals surface area contributed by atoms with Gasteiger partial charge in [-0.2, -0.15) is 5.26 Å². The summed E-state index contributed by atoms with van der Waals surface area (Å²) in [5.41, 5.74) is 4.80. The maximum Gasteiger partial charge on any atom is 0.134 e. The number of aromatic nitrogens is 2. The van der Waals surface area contributed by atoms with Gasteiger partial charge in [0.2, 0.25) is 0 Å². The Balaban J connectivity index is 1.98. The highest BCUT2D eigenvalue weighted by atomic mass is 32.1. The zero-order valence-corrected chi connectivity index (χ0v) is 14.4. The highest BCUT2D eigenvalue weighted by Gasteiger charge is 2.15. The number of hydrogen-bond acceptors (Lipinski definition) is 4. The predicted molar refractivity (Wildman–Crippen MR) is 97.4 cm³/mol. The summed E-state index contributed by atoms with van der Waals surface area (Å²) < 4.78 is 7.48. The van der Waals surface area contributed by atoms with Gasteiger partial charge in [-0.1, -0.05) is 6.08 Å². The smallest absolute Gasteiger partial charge is 0.134 e. The van der Waals surface area contributed by atoms with E-state index < -0.39 is 0 Å². The second-order valence-electron chi connectivity index (χ2n) is 5.41. The van der Waals surface area contributed by atoms with Gasteiger partial charge in [0, 0.05) is 35.0 Å². The van der Waals surface area contributed by atoms with Gasteiger partial charge in [0.05, 0.1) is 17.5 Å². The molecule has 0 fully saturated rings. The summed E-state index contributed by atoms with van der Waals surface area (Å²) in [6.07, 6.45) is 5.18. The average molecular weight is 335 g/mol. The highest BCUT2D eigenvalue weighted by Crippen LogP contribution is 2.31. The molecule has 0 radical (unpaired) electrons. The fourth-order valence-corrected chi connectivity index (χ4v) is 3.43. The lowest BCUT2D eigenvalue weighted by Crippen LogP contribution is -1.99. The van der Waals surface area contributed by atoms with Crippen LogP contribution in [0.3, 0.4) is 0 Å². The lowest BCUT2D eigenvalue weighted by molar-refractivity contribution is 0.557. The Labute approximate surface area is 145 Å². The quantitative estimate of drug-likeness (QED) is 0.483. The van der Waals surface area contributed by atoms with Crippen molar-refractivity contribution in [3.63, 3.8) is 0 Å². The van der Waals surface area contributed by atoms with E-state index in [0.29, 0.717) is 16.3 Å². The molecule has 0 spiro atoms. The van der Waals surface area contributed by atoms with Crippen LogP contribution in [0.5, 0.6) is 0 Å². The number of furan rings is 1. The Hall–Kier alpha value is -2.84. The largest absolute Gasteiger partial charge is 0.465 e. The summed E-state index contributed by atoms with van der Waals surface area (Å²) in [5, 5.41) is 12.1. The third-order valence-corrected chi connectivity index (χ3v) is 4.72. The van der Waals surface area contributed by atoms with Crippen LogP contribution in [0.4, 0.5) is 0 Å². The number of aryl methyl sites for hydroxylation is 1. The van der Waals surface area contributed by atoms with Gasteiger partial charge in [0.25, 0.3) is 0 Å². The van der Waals surface area contributed by atoms with Crippen molar-refractivity contribution in [2.24, 2.45) is 0 Å². The van der Waals surface area contributed by atoms with Crippen molar-refractivity contribution < 1.29 is 4.42 Å². The Bertz CT molecular complexity index is 936. The number of allylic oxidation sites excluding steroid dienone is 2. The minimum absolute atomic E-state index is 0.501. The molecule has 0 bridgehead atoms. The van der Waals surface area contributed by atoms with Gasteiger partial charge in [-0.15, -0.1) is 17.9 Å². The predicted octanol–water partition coefficient (Wildman–Crippen LogP) is 5.07. The molecule has 0 aliphatic rings.